The summed E-state index contributed by atoms with van der Waals surface area (Å²) in [6, 6.07) is 11.3. The van der Waals surface area contributed by atoms with E-state index in [1.54, 1.807) is 0 Å². The van der Waals surface area contributed by atoms with Crippen molar-refractivity contribution in [2.45, 2.75) is 32.2 Å². The largest absolute Gasteiger partial charge is 0.355 e. The molecule has 0 bridgehead atoms. The molecule has 0 aromatic heterocycles. The van der Waals surface area contributed by atoms with Crippen molar-refractivity contribution in [1.82, 2.24) is 4.90 Å². The van der Waals surface area contributed by atoms with E-state index in [4.69, 9.17) is 9.47 Å². The summed E-state index contributed by atoms with van der Waals surface area (Å²) in [4.78, 5) is 2.64. The second-order valence-electron chi connectivity index (χ2n) is 6.38. The van der Waals surface area contributed by atoms with Gasteiger partial charge in [-0.1, -0.05) is 43.7 Å². The third-order valence-corrected chi connectivity index (χ3v) is 4.56. The molecule has 3 rings (SSSR count). The monoisotopic (exact) mass is 275 g/mol. The van der Waals surface area contributed by atoms with Crippen LogP contribution < -0.4 is 0 Å². The Morgan fingerprint density at radius 2 is 1.65 bits per heavy atom. The molecule has 2 aliphatic rings. The molecular formula is C17H25NO2. The van der Waals surface area contributed by atoms with Crippen molar-refractivity contribution in [2.24, 2.45) is 5.41 Å². The quantitative estimate of drug-likeness (QED) is 0.845. The van der Waals surface area contributed by atoms with Crippen molar-refractivity contribution in [3.63, 3.8) is 0 Å². The van der Waals surface area contributed by atoms with Crippen LogP contribution in [0, 0.1) is 5.41 Å². The van der Waals surface area contributed by atoms with Crippen LogP contribution in [0.3, 0.4) is 0 Å². The molecule has 0 spiro atoms. The second kappa shape index (κ2) is 6.25. The minimum Gasteiger partial charge on any atom is -0.355 e. The number of nitrogens with zero attached hydrogens (tertiary/aromatic N) is 1. The van der Waals surface area contributed by atoms with Crippen LogP contribution >= 0.6 is 0 Å². The van der Waals surface area contributed by atoms with Gasteiger partial charge in [0.1, 0.15) is 6.79 Å². The van der Waals surface area contributed by atoms with E-state index in [1.165, 1.54) is 37.9 Å². The molecule has 0 saturated carbocycles. The van der Waals surface area contributed by atoms with Crippen LogP contribution in [0.15, 0.2) is 30.3 Å². The molecule has 0 aliphatic carbocycles. The lowest BCUT2D eigenvalue weighted by Gasteiger charge is -2.47. The standard InChI is InChI=1S/C17H25NO2/c1-17(12-19-14-20-13-17)16(15-8-4-2-5-9-15)18-10-6-3-7-11-18/h2,4-5,8-9,16H,3,6-7,10-14H2,1H3. The minimum absolute atomic E-state index is 0.0386. The molecule has 0 amide bonds. The maximum Gasteiger partial charge on any atom is 0.146 e. The van der Waals surface area contributed by atoms with Gasteiger partial charge in [-0.15, -0.1) is 0 Å². The van der Waals surface area contributed by atoms with Gasteiger partial charge in [0.05, 0.1) is 13.2 Å². The fraction of sp³-hybridized carbons (Fsp3) is 0.647. The Bertz CT molecular complexity index is 408. The highest BCUT2D eigenvalue weighted by atomic mass is 16.7. The average Bonchev–Trinajstić information content (AvgIpc) is 2.50. The Balaban J connectivity index is 1.90. The van der Waals surface area contributed by atoms with Crippen LogP contribution in [0.4, 0.5) is 0 Å². The fourth-order valence-corrected chi connectivity index (χ4v) is 3.67. The van der Waals surface area contributed by atoms with Gasteiger partial charge in [0.25, 0.3) is 0 Å². The molecule has 3 heteroatoms. The zero-order valence-electron chi connectivity index (χ0n) is 12.4. The predicted octanol–water partition coefficient (Wildman–Crippen LogP) is 3.22. The van der Waals surface area contributed by atoms with Crippen LogP contribution in [-0.2, 0) is 9.47 Å². The molecule has 3 nitrogen and oxygen atoms in total. The normalized spacial score (nSPS) is 25.2. The Morgan fingerprint density at radius 3 is 2.30 bits per heavy atom. The molecule has 0 radical (unpaired) electrons. The molecule has 1 aromatic rings. The number of rotatable bonds is 3. The first-order valence-corrected chi connectivity index (χ1v) is 7.74. The predicted molar refractivity (Wildman–Crippen MR) is 79.5 cm³/mol. The molecule has 20 heavy (non-hydrogen) atoms. The SMILES string of the molecule is CC1(C(c2ccccc2)N2CCCCC2)COCOC1. The van der Waals surface area contributed by atoms with Crippen LogP contribution in [0.5, 0.6) is 0 Å². The Labute approximate surface area is 121 Å². The van der Waals surface area contributed by atoms with Gasteiger partial charge < -0.3 is 9.47 Å². The number of likely N-dealkylation sites (tertiary alicyclic amines) is 1. The zero-order valence-corrected chi connectivity index (χ0v) is 12.4. The summed E-state index contributed by atoms with van der Waals surface area (Å²) < 4.78 is 11.3. The second-order valence-corrected chi connectivity index (χ2v) is 6.38. The van der Waals surface area contributed by atoms with Gasteiger partial charge >= 0.3 is 0 Å². The molecule has 2 saturated heterocycles. The van der Waals surface area contributed by atoms with Crippen molar-refractivity contribution in [1.29, 1.82) is 0 Å². The first-order valence-electron chi connectivity index (χ1n) is 7.74. The number of hydrogen-bond acceptors (Lipinski definition) is 3. The smallest absolute Gasteiger partial charge is 0.146 e. The maximum atomic E-state index is 5.63. The van der Waals surface area contributed by atoms with Gasteiger partial charge in [0.15, 0.2) is 0 Å². The number of benzene rings is 1. The summed E-state index contributed by atoms with van der Waals surface area (Å²) in [5.74, 6) is 0. The fourth-order valence-electron chi connectivity index (χ4n) is 3.67. The van der Waals surface area contributed by atoms with Gasteiger partial charge in [-0.2, -0.15) is 0 Å². The van der Waals surface area contributed by atoms with Gasteiger partial charge in [-0.25, -0.2) is 0 Å². The molecule has 2 aliphatic heterocycles. The van der Waals surface area contributed by atoms with Gasteiger partial charge in [0, 0.05) is 11.5 Å². The minimum atomic E-state index is 0.0386. The molecule has 1 aromatic carbocycles. The van der Waals surface area contributed by atoms with E-state index >= 15 is 0 Å². The Kier molecular flexibility index (Phi) is 4.39. The van der Waals surface area contributed by atoms with E-state index in [1.807, 2.05) is 0 Å². The maximum absolute atomic E-state index is 5.63. The summed E-state index contributed by atoms with van der Waals surface area (Å²) in [5, 5.41) is 0. The van der Waals surface area contributed by atoms with Gasteiger partial charge in [0.2, 0.25) is 0 Å². The van der Waals surface area contributed by atoms with Crippen LogP contribution in [0.25, 0.3) is 0 Å². The summed E-state index contributed by atoms with van der Waals surface area (Å²) >= 11 is 0. The third-order valence-electron chi connectivity index (χ3n) is 4.56. The summed E-state index contributed by atoms with van der Waals surface area (Å²) in [7, 11) is 0. The molecule has 110 valence electrons. The topological polar surface area (TPSA) is 21.7 Å². The highest BCUT2D eigenvalue weighted by Gasteiger charge is 2.41. The molecule has 1 atom stereocenters. The van der Waals surface area contributed by atoms with Gasteiger partial charge in [-0.3, -0.25) is 4.90 Å². The Morgan fingerprint density at radius 1 is 1.00 bits per heavy atom. The van der Waals surface area contributed by atoms with Crippen molar-refractivity contribution in [3.8, 4) is 0 Å². The third kappa shape index (κ3) is 2.90. The lowest BCUT2D eigenvalue weighted by atomic mass is 9.78. The van der Waals surface area contributed by atoms with Gasteiger partial charge in [-0.05, 0) is 31.5 Å². The molecule has 2 fully saturated rings. The number of ether oxygens (including phenoxy) is 2. The van der Waals surface area contributed by atoms with E-state index in [-0.39, 0.29) is 5.41 Å². The molecular weight excluding hydrogens is 250 g/mol. The average molecular weight is 275 g/mol. The first kappa shape index (κ1) is 14.1. The molecule has 1 unspecified atom stereocenters. The zero-order chi connectivity index (χ0) is 13.8. The molecule has 2 heterocycles. The summed E-state index contributed by atoms with van der Waals surface area (Å²) in [6.07, 6.45) is 3.98. The first-order chi connectivity index (χ1) is 9.80. The summed E-state index contributed by atoms with van der Waals surface area (Å²) in [6.45, 7) is 6.69. The number of hydrogen-bond donors (Lipinski definition) is 0. The van der Waals surface area contributed by atoms with E-state index in [0.29, 0.717) is 12.8 Å². The van der Waals surface area contributed by atoms with Crippen molar-refractivity contribution in [3.05, 3.63) is 35.9 Å². The highest BCUT2D eigenvalue weighted by Crippen LogP contribution is 2.41. The van der Waals surface area contributed by atoms with E-state index < -0.39 is 0 Å². The van der Waals surface area contributed by atoms with Crippen molar-refractivity contribution in [2.75, 3.05) is 33.1 Å². The molecule has 0 N–H and O–H groups in total. The summed E-state index contributed by atoms with van der Waals surface area (Å²) in [5.41, 5.74) is 1.43. The highest BCUT2D eigenvalue weighted by molar-refractivity contribution is 5.22. The van der Waals surface area contributed by atoms with Crippen LogP contribution in [0.1, 0.15) is 37.8 Å². The van der Waals surface area contributed by atoms with E-state index in [0.717, 1.165) is 13.2 Å². The lowest BCUT2D eigenvalue weighted by Crippen LogP contribution is -2.48. The van der Waals surface area contributed by atoms with Crippen LogP contribution in [-0.4, -0.2) is 38.0 Å². The van der Waals surface area contributed by atoms with Crippen molar-refractivity contribution >= 4 is 0 Å². The lowest BCUT2D eigenvalue weighted by molar-refractivity contribution is -0.181. The van der Waals surface area contributed by atoms with E-state index in [9.17, 15) is 0 Å². The Hall–Kier alpha value is -0.900. The van der Waals surface area contributed by atoms with E-state index in [2.05, 4.69) is 42.2 Å². The number of piperidine rings is 1. The van der Waals surface area contributed by atoms with Crippen molar-refractivity contribution < 1.29 is 9.47 Å². The van der Waals surface area contributed by atoms with Crippen LogP contribution in [0.2, 0.25) is 0 Å².